The Balaban J connectivity index is 1.83. The molecular formula is C19H25F3N6O4S2. The molecule has 0 bridgehead atoms. The van der Waals surface area contributed by atoms with Crippen molar-refractivity contribution in [2.24, 2.45) is 0 Å². The van der Waals surface area contributed by atoms with Crippen molar-refractivity contribution in [1.29, 1.82) is 0 Å². The number of rotatable bonds is 7. The average molecular weight is 523 g/mol. The van der Waals surface area contributed by atoms with Gasteiger partial charge in [-0.3, -0.25) is 0 Å². The summed E-state index contributed by atoms with van der Waals surface area (Å²) >= 11 is 0. The molecule has 2 aromatic rings. The van der Waals surface area contributed by atoms with E-state index in [0.717, 1.165) is 10.6 Å². The zero-order chi connectivity index (χ0) is 25.3. The molecule has 0 unspecified atom stereocenters. The smallest absolute Gasteiger partial charge is 0.356 e. The van der Waals surface area contributed by atoms with E-state index in [2.05, 4.69) is 20.0 Å². The SMILES string of the molecule is CN(C)S(=O)(=O)c1ccc(Nc2ncc(C(F)(F)F)c(N3CCC(NS(C)(=O)=O)CC3)n2)cc1. The molecule has 1 aliphatic rings. The lowest BCUT2D eigenvalue weighted by molar-refractivity contribution is -0.137. The van der Waals surface area contributed by atoms with Gasteiger partial charge in [-0.25, -0.2) is 30.8 Å². The molecule has 188 valence electrons. The standard InChI is InChI=1S/C19H25F3N6O4S2/c1-27(2)34(31,32)15-6-4-13(5-7-15)24-18-23-12-16(19(20,21)22)17(25-18)28-10-8-14(9-11-28)26-33(3,29)30/h4-7,12,14,26H,8-11H2,1-3H3,(H,23,24,25). The van der Waals surface area contributed by atoms with E-state index in [9.17, 15) is 30.0 Å². The topological polar surface area (TPSA) is 125 Å². The number of hydrogen-bond donors (Lipinski definition) is 2. The Labute approximate surface area is 196 Å². The van der Waals surface area contributed by atoms with Crippen LogP contribution in [-0.4, -0.2) is 70.6 Å². The summed E-state index contributed by atoms with van der Waals surface area (Å²) in [5, 5.41) is 2.79. The quantitative estimate of drug-likeness (QED) is 0.566. The van der Waals surface area contributed by atoms with Gasteiger partial charge in [0.15, 0.2) is 0 Å². The molecule has 1 fully saturated rings. The van der Waals surface area contributed by atoms with Gasteiger partial charge in [-0.1, -0.05) is 0 Å². The average Bonchev–Trinajstić information content (AvgIpc) is 2.72. The first-order valence-corrected chi connectivity index (χ1v) is 13.5. The van der Waals surface area contributed by atoms with E-state index < -0.39 is 31.8 Å². The van der Waals surface area contributed by atoms with Crippen molar-refractivity contribution in [3.05, 3.63) is 36.0 Å². The number of nitrogens with zero attached hydrogens (tertiary/aromatic N) is 4. The second kappa shape index (κ2) is 9.64. The molecule has 1 aliphatic heterocycles. The maximum atomic E-state index is 13.6. The van der Waals surface area contributed by atoms with Crippen LogP contribution in [0, 0.1) is 0 Å². The van der Waals surface area contributed by atoms with E-state index in [1.165, 1.54) is 43.3 Å². The summed E-state index contributed by atoms with van der Waals surface area (Å²) in [4.78, 5) is 9.35. The summed E-state index contributed by atoms with van der Waals surface area (Å²) in [5.74, 6) is -0.405. The van der Waals surface area contributed by atoms with Crippen LogP contribution in [0.15, 0.2) is 35.4 Å². The molecule has 15 heteroatoms. The number of aromatic nitrogens is 2. The number of piperidine rings is 1. The summed E-state index contributed by atoms with van der Waals surface area (Å²) in [7, 11) is -4.24. The molecule has 0 atom stereocenters. The summed E-state index contributed by atoms with van der Waals surface area (Å²) in [6.45, 7) is 0.341. The van der Waals surface area contributed by atoms with Crippen molar-refractivity contribution in [2.75, 3.05) is 43.7 Å². The number of hydrogen-bond acceptors (Lipinski definition) is 8. The first-order chi connectivity index (χ1) is 15.7. The van der Waals surface area contributed by atoms with Crippen LogP contribution in [0.25, 0.3) is 0 Å². The Morgan fingerprint density at radius 3 is 2.15 bits per heavy atom. The van der Waals surface area contributed by atoms with Crippen LogP contribution in [0.2, 0.25) is 0 Å². The molecule has 1 aromatic carbocycles. The minimum atomic E-state index is -4.68. The molecule has 0 saturated carbocycles. The zero-order valence-corrected chi connectivity index (χ0v) is 20.3. The Kier molecular flexibility index (Phi) is 7.40. The summed E-state index contributed by atoms with van der Waals surface area (Å²) in [5.41, 5.74) is -0.612. The van der Waals surface area contributed by atoms with Crippen molar-refractivity contribution in [1.82, 2.24) is 19.0 Å². The van der Waals surface area contributed by atoms with Crippen LogP contribution in [0.3, 0.4) is 0 Å². The second-order valence-corrected chi connectivity index (χ2v) is 11.9. The fourth-order valence-corrected chi connectivity index (χ4v) is 5.18. The molecule has 0 amide bonds. The number of nitrogens with one attached hydrogen (secondary N) is 2. The molecule has 1 aromatic heterocycles. The fraction of sp³-hybridized carbons (Fsp3) is 0.474. The molecule has 2 N–H and O–H groups in total. The van der Waals surface area contributed by atoms with Crippen LogP contribution in [-0.2, 0) is 26.2 Å². The van der Waals surface area contributed by atoms with Crippen molar-refractivity contribution in [3.8, 4) is 0 Å². The lowest BCUT2D eigenvalue weighted by Crippen LogP contribution is -2.45. The van der Waals surface area contributed by atoms with Gasteiger partial charge in [0.25, 0.3) is 0 Å². The number of benzene rings is 1. The van der Waals surface area contributed by atoms with Crippen LogP contribution in [0.1, 0.15) is 18.4 Å². The lowest BCUT2D eigenvalue weighted by Gasteiger charge is -2.34. The third-order valence-corrected chi connectivity index (χ3v) is 7.73. The van der Waals surface area contributed by atoms with Crippen LogP contribution >= 0.6 is 0 Å². The molecule has 0 radical (unpaired) electrons. The minimum absolute atomic E-state index is 0.0580. The van der Waals surface area contributed by atoms with E-state index in [4.69, 9.17) is 0 Å². The van der Waals surface area contributed by atoms with Gasteiger partial charge in [-0.05, 0) is 37.1 Å². The minimum Gasteiger partial charge on any atom is -0.356 e. The van der Waals surface area contributed by atoms with Gasteiger partial charge in [0.2, 0.25) is 26.0 Å². The molecule has 3 rings (SSSR count). The second-order valence-electron chi connectivity index (χ2n) is 8.02. The number of anilines is 3. The largest absolute Gasteiger partial charge is 0.421 e. The normalized spacial score (nSPS) is 16.1. The highest BCUT2D eigenvalue weighted by Crippen LogP contribution is 2.36. The van der Waals surface area contributed by atoms with Gasteiger partial charge >= 0.3 is 6.18 Å². The van der Waals surface area contributed by atoms with Crippen molar-refractivity contribution in [2.45, 2.75) is 30.0 Å². The predicted octanol–water partition coefficient (Wildman–Crippen LogP) is 2.01. The third-order valence-electron chi connectivity index (χ3n) is 5.14. The van der Waals surface area contributed by atoms with E-state index in [-0.39, 0.29) is 35.8 Å². The molecule has 2 heterocycles. The highest BCUT2D eigenvalue weighted by molar-refractivity contribution is 7.89. The molecular weight excluding hydrogens is 497 g/mol. The van der Waals surface area contributed by atoms with E-state index in [1.807, 2.05) is 0 Å². The highest BCUT2D eigenvalue weighted by Gasteiger charge is 2.37. The molecule has 34 heavy (non-hydrogen) atoms. The Morgan fingerprint density at radius 1 is 1.06 bits per heavy atom. The lowest BCUT2D eigenvalue weighted by atomic mass is 10.1. The fourth-order valence-electron chi connectivity index (χ4n) is 3.44. The molecule has 0 aliphatic carbocycles. The van der Waals surface area contributed by atoms with E-state index in [0.29, 0.717) is 24.7 Å². The number of sulfonamides is 2. The van der Waals surface area contributed by atoms with Gasteiger partial charge in [-0.2, -0.15) is 18.2 Å². The van der Waals surface area contributed by atoms with E-state index >= 15 is 0 Å². The van der Waals surface area contributed by atoms with Crippen LogP contribution in [0.5, 0.6) is 0 Å². The predicted molar refractivity (Wildman–Crippen MR) is 121 cm³/mol. The first-order valence-electron chi connectivity index (χ1n) is 10.1. The summed E-state index contributed by atoms with van der Waals surface area (Å²) in [6.07, 6.45) is -2.32. The van der Waals surface area contributed by atoms with Gasteiger partial charge in [0.1, 0.15) is 11.4 Å². The molecule has 0 spiro atoms. The van der Waals surface area contributed by atoms with Gasteiger partial charge in [0.05, 0.1) is 11.2 Å². The molecule has 10 nitrogen and oxygen atoms in total. The third kappa shape index (κ3) is 6.34. The summed E-state index contributed by atoms with van der Waals surface area (Å²) in [6, 6.07) is 5.28. The maximum absolute atomic E-state index is 13.6. The van der Waals surface area contributed by atoms with Gasteiger partial charge in [-0.15, -0.1) is 0 Å². The van der Waals surface area contributed by atoms with Crippen LogP contribution < -0.4 is 14.9 Å². The van der Waals surface area contributed by atoms with Gasteiger partial charge in [0, 0.05) is 45.1 Å². The van der Waals surface area contributed by atoms with E-state index in [1.54, 1.807) is 0 Å². The van der Waals surface area contributed by atoms with Crippen molar-refractivity contribution >= 4 is 37.5 Å². The van der Waals surface area contributed by atoms with Crippen molar-refractivity contribution in [3.63, 3.8) is 0 Å². The number of alkyl halides is 3. The maximum Gasteiger partial charge on any atom is 0.421 e. The first kappa shape index (κ1) is 26.1. The number of halogens is 3. The zero-order valence-electron chi connectivity index (χ0n) is 18.7. The summed E-state index contributed by atoms with van der Waals surface area (Å²) < 4.78 is 91.6. The Morgan fingerprint density at radius 2 is 1.65 bits per heavy atom. The van der Waals surface area contributed by atoms with Crippen molar-refractivity contribution < 1.29 is 30.0 Å². The Hall–Kier alpha value is -2.49. The molecule has 1 saturated heterocycles. The van der Waals surface area contributed by atoms with Gasteiger partial charge < -0.3 is 10.2 Å². The Bertz CT molecular complexity index is 1230. The van der Waals surface area contributed by atoms with Crippen LogP contribution in [0.4, 0.5) is 30.6 Å². The monoisotopic (exact) mass is 522 g/mol. The highest BCUT2D eigenvalue weighted by atomic mass is 32.2.